The van der Waals surface area contributed by atoms with Gasteiger partial charge >= 0.3 is 0 Å². The molecule has 0 spiro atoms. The lowest BCUT2D eigenvalue weighted by atomic mass is 10.0. The molecule has 0 aliphatic carbocycles. The fraction of sp³-hybridized carbons (Fsp3) is 0.923. The highest BCUT2D eigenvalue weighted by molar-refractivity contribution is 5.78. The van der Waals surface area contributed by atoms with Crippen molar-refractivity contribution in [1.82, 2.24) is 10.2 Å². The van der Waals surface area contributed by atoms with Gasteiger partial charge in [0.25, 0.3) is 0 Å². The third kappa shape index (κ3) is 6.64. The van der Waals surface area contributed by atoms with Gasteiger partial charge in [0.05, 0.1) is 6.54 Å². The van der Waals surface area contributed by atoms with Gasteiger partial charge in [0.1, 0.15) is 0 Å². The molecule has 0 saturated carbocycles. The van der Waals surface area contributed by atoms with Crippen molar-refractivity contribution in [2.45, 2.75) is 46.6 Å². The monoisotopic (exact) mass is 243 g/mol. The Labute approximate surface area is 106 Å². The van der Waals surface area contributed by atoms with Gasteiger partial charge in [-0.15, -0.1) is 0 Å². The summed E-state index contributed by atoms with van der Waals surface area (Å²) in [5, 5.41) is 2.95. The standard InChI is InChI=1S/C13H29N3O/c1-6-16(13(4,5)10-14)9-12(17)15-8-7-11(2)3/h11H,6-10,14H2,1-5H3,(H,15,17). The van der Waals surface area contributed by atoms with Gasteiger partial charge in [-0.25, -0.2) is 0 Å². The number of amides is 1. The second-order valence-electron chi connectivity index (χ2n) is 5.56. The SMILES string of the molecule is CCN(CC(=O)NCCC(C)C)C(C)(C)CN. The first-order valence-electron chi connectivity index (χ1n) is 6.55. The molecule has 102 valence electrons. The van der Waals surface area contributed by atoms with Crippen LogP contribution in [0.15, 0.2) is 0 Å². The Morgan fingerprint density at radius 2 is 2.00 bits per heavy atom. The highest BCUT2D eigenvalue weighted by Gasteiger charge is 2.25. The summed E-state index contributed by atoms with van der Waals surface area (Å²) in [6.07, 6.45) is 1.03. The molecule has 1 amide bonds. The fourth-order valence-corrected chi connectivity index (χ4v) is 1.61. The van der Waals surface area contributed by atoms with Gasteiger partial charge in [-0.1, -0.05) is 20.8 Å². The summed E-state index contributed by atoms with van der Waals surface area (Å²) < 4.78 is 0. The van der Waals surface area contributed by atoms with Crippen molar-refractivity contribution in [2.75, 3.05) is 26.2 Å². The van der Waals surface area contributed by atoms with E-state index in [1.54, 1.807) is 0 Å². The van der Waals surface area contributed by atoms with Crippen molar-refractivity contribution in [3.8, 4) is 0 Å². The van der Waals surface area contributed by atoms with Crippen LogP contribution in [0.25, 0.3) is 0 Å². The van der Waals surface area contributed by atoms with Crippen LogP contribution >= 0.6 is 0 Å². The number of hydrogen-bond acceptors (Lipinski definition) is 3. The third-order valence-corrected chi connectivity index (χ3v) is 3.12. The quantitative estimate of drug-likeness (QED) is 0.673. The minimum absolute atomic E-state index is 0.0917. The summed E-state index contributed by atoms with van der Waals surface area (Å²) in [5.74, 6) is 0.715. The number of carbonyl (C=O) groups is 1. The van der Waals surface area contributed by atoms with Crippen LogP contribution in [0.5, 0.6) is 0 Å². The predicted molar refractivity (Wildman–Crippen MR) is 72.8 cm³/mol. The van der Waals surface area contributed by atoms with Crippen LogP contribution < -0.4 is 11.1 Å². The molecule has 0 saturated heterocycles. The minimum Gasteiger partial charge on any atom is -0.355 e. The lowest BCUT2D eigenvalue weighted by Crippen LogP contribution is -2.52. The Morgan fingerprint density at radius 3 is 2.41 bits per heavy atom. The Hall–Kier alpha value is -0.610. The molecule has 0 fully saturated rings. The predicted octanol–water partition coefficient (Wildman–Crippen LogP) is 1.21. The number of nitrogens with two attached hydrogens (primary N) is 1. The molecule has 0 aromatic heterocycles. The molecule has 0 aliphatic heterocycles. The summed E-state index contributed by atoms with van der Waals surface area (Å²) in [4.78, 5) is 13.9. The van der Waals surface area contributed by atoms with Crippen molar-refractivity contribution in [3.63, 3.8) is 0 Å². The summed E-state index contributed by atoms with van der Waals surface area (Å²) >= 11 is 0. The maximum atomic E-state index is 11.8. The number of nitrogens with zero attached hydrogens (tertiary/aromatic N) is 1. The molecule has 4 heteroatoms. The first-order chi connectivity index (χ1) is 7.83. The summed E-state index contributed by atoms with van der Waals surface area (Å²) in [6, 6.07) is 0. The van der Waals surface area contributed by atoms with Gasteiger partial charge in [-0.3, -0.25) is 9.69 Å². The van der Waals surface area contributed by atoms with E-state index in [1.807, 2.05) is 0 Å². The van der Waals surface area contributed by atoms with E-state index in [0.717, 1.165) is 19.5 Å². The molecule has 0 rings (SSSR count). The Kier molecular flexibility index (Phi) is 7.39. The van der Waals surface area contributed by atoms with E-state index in [9.17, 15) is 4.79 Å². The number of likely N-dealkylation sites (N-methyl/N-ethyl adjacent to an activating group) is 1. The zero-order valence-corrected chi connectivity index (χ0v) is 12.0. The molecule has 4 nitrogen and oxygen atoms in total. The first kappa shape index (κ1) is 16.4. The summed E-state index contributed by atoms with van der Waals surface area (Å²) in [5.41, 5.74) is 5.60. The molecule has 0 unspecified atom stereocenters. The van der Waals surface area contributed by atoms with Crippen molar-refractivity contribution < 1.29 is 4.79 Å². The fourth-order valence-electron chi connectivity index (χ4n) is 1.61. The number of hydrogen-bond donors (Lipinski definition) is 2. The van der Waals surface area contributed by atoms with E-state index >= 15 is 0 Å². The van der Waals surface area contributed by atoms with Crippen LogP contribution in [0.2, 0.25) is 0 Å². The molecule has 0 aliphatic rings. The van der Waals surface area contributed by atoms with Crippen LogP contribution in [0.3, 0.4) is 0 Å². The average Bonchev–Trinajstić information content (AvgIpc) is 2.25. The normalized spacial score (nSPS) is 12.2. The van der Waals surface area contributed by atoms with Crippen LogP contribution in [-0.2, 0) is 4.79 Å². The highest BCUT2D eigenvalue weighted by atomic mass is 16.2. The number of carbonyl (C=O) groups excluding carboxylic acids is 1. The summed E-state index contributed by atoms with van der Waals surface area (Å²) in [7, 11) is 0. The molecular formula is C13H29N3O. The Morgan fingerprint density at radius 1 is 1.41 bits per heavy atom. The van der Waals surface area contributed by atoms with E-state index in [4.69, 9.17) is 5.73 Å². The smallest absolute Gasteiger partial charge is 0.234 e. The van der Waals surface area contributed by atoms with Crippen molar-refractivity contribution in [2.24, 2.45) is 11.7 Å². The van der Waals surface area contributed by atoms with Gasteiger partial charge in [0, 0.05) is 18.6 Å². The Bertz CT molecular complexity index is 227. The van der Waals surface area contributed by atoms with Crippen molar-refractivity contribution in [1.29, 1.82) is 0 Å². The number of rotatable bonds is 8. The molecule has 0 aromatic rings. The zero-order chi connectivity index (χ0) is 13.5. The van der Waals surface area contributed by atoms with Gasteiger partial charge < -0.3 is 11.1 Å². The van der Waals surface area contributed by atoms with E-state index in [2.05, 4.69) is 44.8 Å². The van der Waals surface area contributed by atoms with E-state index in [0.29, 0.717) is 19.0 Å². The van der Waals surface area contributed by atoms with E-state index < -0.39 is 0 Å². The average molecular weight is 243 g/mol. The molecule has 0 heterocycles. The van der Waals surface area contributed by atoms with Gasteiger partial charge in [-0.05, 0) is 32.7 Å². The molecular weight excluding hydrogens is 214 g/mol. The van der Waals surface area contributed by atoms with E-state index in [-0.39, 0.29) is 11.4 Å². The van der Waals surface area contributed by atoms with Gasteiger partial charge in [-0.2, -0.15) is 0 Å². The molecule has 0 atom stereocenters. The second kappa shape index (κ2) is 7.67. The lowest BCUT2D eigenvalue weighted by molar-refractivity contribution is -0.123. The van der Waals surface area contributed by atoms with Crippen LogP contribution in [0, 0.1) is 5.92 Å². The first-order valence-corrected chi connectivity index (χ1v) is 6.55. The Balaban J connectivity index is 4.07. The molecule has 3 N–H and O–H groups in total. The number of nitrogens with one attached hydrogen (secondary N) is 1. The second-order valence-corrected chi connectivity index (χ2v) is 5.56. The van der Waals surface area contributed by atoms with Crippen molar-refractivity contribution in [3.05, 3.63) is 0 Å². The summed E-state index contributed by atoms with van der Waals surface area (Å²) in [6.45, 7) is 13.1. The largest absolute Gasteiger partial charge is 0.355 e. The lowest BCUT2D eigenvalue weighted by Gasteiger charge is -2.36. The maximum Gasteiger partial charge on any atom is 0.234 e. The van der Waals surface area contributed by atoms with Gasteiger partial charge in [0.15, 0.2) is 0 Å². The molecule has 0 aromatic carbocycles. The van der Waals surface area contributed by atoms with Crippen LogP contribution in [0.1, 0.15) is 41.0 Å². The van der Waals surface area contributed by atoms with Crippen LogP contribution in [-0.4, -0.2) is 42.5 Å². The zero-order valence-electron chi connectivity index (χ0n) is 12.0. The molecule has 17 heavy (non-hydrogen) atoms. The van der Waals surface area contributed by atoms with Gasteiger partial charge in [0.2, 0.25) is 5.91 Å². The maximum absolute atomic E-state index is 11.8. The minimum atomic E-state index is -0.121. The third-order valence-electron chi connectivity index (χ3n) is 3.12. The van der Waals surface area contributed by atoms with E-state index in [1.165, 1.54) is 0 Å². The van der Waals surface area contributed by atoms with Crippen molar-refractivity contribution >= 4 is 5.91 Å². The highest BCUT2D eigenvalue weighted by Crippen LogP contribution is 2.11. The molecule has 0 radical (unpaired) electrons. The van der Waals surface area contributed by atoms with Crippen LogP contribution in [0.4, 0.5) is 0 Å². The molecule has 0 bridgehead atoms. The topological polar surface area (TPSA) is 58.4 Å².